The minimum absolute atomic E-state index is 0.0502. The monoisotopic (exact) mass is 622 g/mol. The number of Topliss-reactive ketones (excluding diaryl/α,β-unsaturated/α-hetero) is 1. The number of carboxylic acids is 1. The Labute approximate surface area is 252 Å². The highest BCUT2D eigenvalue weighted by atomic mass is 19.2. The molecule has 14 heteroatoms. The number of aliphatic hydroxyl groups is 1. The molecular weight excluding hydrogens is 585 g/mol. The number of carbonyl (C=O) groups is 4. The molecule has 0 saturated carbocycles. The minimum atomic E-state index is -1.35. The summed E-state index contributed by atoms with van der Waals surface area (Å²) in [6.07, 6.45) is -0.782. The Morgan fingerprint density at radius 1 is 1.07 bits per heavy atom. The van der Waals surface area contributed by atoms with Crippen LogP contribution in [0.3, 0.4) is 0 Å². The topological polar surface area (TPSA) is 171 Å². The number of aliphatic hydroxyl groups excluding tert-OH is 1. The quantitative estimate of drug-likeness (QED) is 0.136. The van der Waals surface area contributed by atoms with Gasteiger partial charge in [0.1, 0.15) is 17.9 Å². The van der Waals surface area contributed by atoms with Gasteiger partial charge in [0.05, 0.1) is 13.2 Å². The maximum absolute atomic E-state index is 14.0. The summed E-state index contributed by atoms with van der Waals surface area (Å²) in [5.41, 5.74) is 6.18. The molecule has 11 nitrogen and oxygen atoms in total. The zero-order valence-electron chi connectivity index (χ0n) is 24.2. The van der Waals surface area contributed by atoms with Crippen LogP contribution in [0.2, 0.25) is 0 Å². The number of nitrogens with two attached hydrogens (primary N) is 1. The molecule has 5 atom stereocenters. The maximum Gasteiger partial charge on any atom is 0.326 e. The van der Waals surface area contributed by atoms with Gasteiger partial charge in [0.25, 0.3) is 0 Å². The molecule has 1 fully saturated rings. The number of hydrogen-bond acceptors (Lipinski definition) is 8. The van der Waals surface area contributed by atoms with Crippen LogP contribution in [0.1, 0.15) is 42.1 Å². The molecule has 1 aliphatic heterocycles. The maximum atomic E-state index is 14.0. The van der Waals surface area contributed by atoms with Crippen LogP contribution in [-0.2, 0) is 25.5 Å². The third-order valence-electron chi connectivity index (χ3n) is 7.22. The largest absolute Gasteiger partial charge is 0.480 e. The van der Waals surface area contributed by atoms with Crippen molar-refractivity contribution in [3.63, 3.8) is 0 Å². The van der Waals surface area contributed by atoms with Crippen LogP contribution in [0, 0.1) is 17.5 Å². The van der Waals surface area contributed by atoms with Gasteiger partial charge >= 0.3 is 5.97 Å². The number of hydrogen-bond donors (Lipinski definition) is 5. The molecule has 0 bridgehead atoms. The predicted molar refractivity (Wildman–Crippen MR) is 152 cm³/mol. The molecule has 0 spiro atoms. The lowest BCUT2D eigenvalue weighted by molar-refractivity contribution is -0.149. The first kappa shape index (κ1) is 34.6. The van der Waals surface area contributed by atoms with E-state index >= 15 is 0 Å². The second-order valence-corrected chi connectivity index (χ2v) is 10.6. The van der Waals surface area contributed by atoms with Crippen LogP contribution < -0.4 is 16.4 Å². The zero-order chi connectivity index (χ0) is 32.4. The van der Waals surface area contributed by atoms with Gasteiger partial charge in [0, 0.05) is 62.2 Å². The summed E-state index contributed by atoms with van der Waals surface area (Å²) < 4.78 is 46.1. The van der Waals surface area contributed by atoms with Crippen molar-refractivity contribution in [1.82, 2.24) is 15.5 Å². The number of carboxylic acid groups (broad SMARTS) is 1. The molecule has 44 heavy (non-hydrogen) atoms. The van der Waals surface area contributed by atoms with E-state index in [4.69, 9.17) is 10.5 Å². The zero-order valence-corrected chi connectivity index (χ0v) is 24.2. The van der Waals surface area contributed by atoms with E-state index in [2.05, 4.69) is 10.6 Å². The van der Waals surface area contributed by atoms with Crippen molar-refractivity contribution >= 4 is 23.6 Å². The molecule has 1 aliphatic rings. The first-order valence-electron chi connectivity index (χ1n) is 14.2. The Kier molecular flexibility index (Phi) is 12.8. The summed E-state index contributed by atoms with van der Waals surface area (Å²) in [5.74, 6) is -6.50. The van der Waals surface area contributed by atoms with Gasteiger partial charge in [-0.1, -0.05) is 30.3 Å². The highest BCUT2D eigenvalue weighted by molar-refractivity contribution is 5.96. The third kappa shape index (κ3) is 9.58. The summed E-state index contributed by atoms with van der Waals surface area (Å²) in [5, 5.41) is 25.4. The van der Waals surface area contributed by atoms with E-state index in [1.165, 1.54) is 0 Å². The molecule has 1 saturated heterocycles. The Hall–Kier alpha value is -3.85. The molecule has 2 amide bonds. The fourth-order valence-corrected chi connectivity index (χ4v) is 5.10. The molecule has 6 N–H and O–H groups in total. The van der Waals surface area contributed by atoms with Gasteiger partial charge in [-0.2, -0.15) is 0 Å². The van der Waals surface area contributed by atoms with Crippen LogP contribution in [0.4, 0.5) is 13.2 Å². The van der Waals surface area contributed by atoms with Gasteiger partial charge in [-0.05, 0) is 25.0 Å². The number of rotatable bonds is 16. The molecular formula is C30H37F3N4O7. The summed E-state index contributed by atoms with van der Waals surface area (Å²) in [7, 11) is 0. The molecule has 3 rings (SSSR count). The number of amides is 2. The molecule has 2 aromatic carbocycles. The highest BCUT2D eigenvalue weighted by Crippen LogP contribution is 2.21. The molecule has 1 unspecified atom stereocenters. The van der Waals surface area contributed by atoms with E-state index in [9.17, 15) is 42.6 Å². The second-order valence-electron chi connectivity index (χ2n) is 10.6. The molecule has 2 aromatic rings. The smallest absolute Gasteiger partial charge is 0.326 e. The van der Waals surface area contributed by atoms with Gasteiger partial charge in [-0.15, -0.1) is 0 Å². The normalized spacial score (nSPS) is 18.5. The molecule has 0 aromatic heterocycles. The number of ether oxygens (including phenoxy) is 1. The van der Waals surface area contributed by atoms with Crippen LogP contribution in [0.25, 0.3) is 0 Å². The van der Waals surface area contributed by atoms with Crippen molar-refractivity contribution in [1.29, 1.82) is 0 Å². The number of carbonyl (C=O) groups excluding carboxylic acids is 3. The second kappa shape index (κ2) is 16.3. The van der Waals surface area contributed by atoms with Crippen LogP contribution in [0.15, 0.2) is 42.5 Å². The Balaban J connectivity index is 1.63. The highest BCUT2D eigenvalue weighted by Gasteiger charge is 2.42. The standard InChI is InChI=1S/C30H37F3N4O7/c1-2-44-16-21(12-27(39)17-6-4-3-5-7-17)35-25(15-38)29(41)37-14-20(11-26(37)30(42)43)36-28(40)10-19(34)8-18-9-23(32)24(33)13-22(18)31/h3-7,9,13,19-21,25-26,35,38H,2,8,10-12,14-16,34H2,1H3,(H,36,40)(H,42,43)/t19-,20+,21?,25+,26+/m1/s1. The van der Waals surface area contributed by atoms with Crippen molar-refractivity contribution in [2.24, 2.45) is 5.73 Å². The van der Waals surface area contributed by atoms with Gasteiger partial charge < -0.3 is 30.9 Å². The summed E-state index contributed by atoms with van der Waals surface area (Å²) in [6.45, 7) is 1.26. The van der Waals surface area contributed by atoms with E-state index in [-0.39, 0.29) is 50.2 Å². The Morgan fingerprint density at radius 3 is 2.39 bits per heavy atom. The summed E-state index contributed by atoms with van der Waals surface area (Å²) in [4.78, 5) is 51.9. The fourth-order valence-electron chi connectivity index (χ4n) is 5.10. The third-order valence-corrected chi connectivity index (χ3v) is 7.22. The number of nitrogens with zero attached hydrogens (tertiary/aromatic N) is 1. The number of nitrogens with one attached hydrogen (secondary N) is 2. The molecule has 0 radical (unpaired) electrons. The van der Waals surface area contributed by atoms with Crippen molar-refractivity contribution in [2.45, 2.75) is 62.8 Å². The molecule has 240 valence electrons. The summed E-state index contributed by atoms with van der Waals surface area (Å²) >= 11 is 0. The van der Waals surface area contributed by atoms with E-state index in [0.29, 0.717) is 24.3 Å². The lowest BCUT2D eigenvalue weighted by atomic mass is 10.0. The van der Waals surface area contributed by atoms with Gasteiger partial charge in [-0.25, -0.2) is 18.0 Å². The Morgan fingerprint density at radius 2 is 1.75 bits per heavy atom. The Bertz CT molecular complexity index is 1320. The summed E-state index contributed by atoms with van der Waals surface area (Å²) in [6, 6.07) is 4.56. The number of likely N-dealkylation sites (tertiary alicyclic amines) is 1. The van der Waals surface area contributed by atoms with E-state index in [1.54, 1.807) is 37.3 Å². The first-order chi connectivity index (χ1) is 20.9. The first-order valence-corrected chi connectivity index (χ1v) is 14.2. The van der Waals surface area contributed by atoms with E-state index in [1.807, 2.05) is 0 Å². The van der Waals surface area contributed by atoms with Crippen LogP contribution in [0.5, 0.6) is 0 Å². The average Bonchev–Trinajstić information content (AvgIpc) is 3.41. The fraction of sp³-hybridized carbons (Fsp3) is 0.467. The van der Waals surface area contributed by atoms with Crippen molar-refractivity contribution in [2.75, 3.05) is 26.4 Å². The SMILES string of the molecule is CCOCC(CC(=O)c1ccccc1)N[C@@H](CO)C(=O)N1C[C@@H](NC(=O)C[C@H](N)Cc2cc(F)c(F)cc2F)C[C@H]1C(=O)O. The van der Waals surface area contributed by atoms with Crippen LogP contribution in [-0.4, -0.2) is 95.3 Å². The average molecular weight is 623 g/mol. The van der Waals surface area contributed by atoms with Gasteiger partial charge in [0.2, 0.25) is 11.8 Å². The number of ketones is 1. The van der Waals surface area contributed by atoms with E-state index in [0.717, 1.165) is 4.90 Å². The van der Waals surface area contributed by atoms with Crippen molar-refractivity contribution in [3.05, 3.63) is 71.0 Å². The van der Waals surface area contributed by atoms with Crippen molar-refractivity contribution < 1.29 is 47.3 Å². The number of halogens is 3. The lowest BCUT2D eigenvalue weighted by Gasteiger charge is -2.29. The van der Waals surface area contributed by atoms with Gasteiger partial charge in [0.15, 0.2) is 17.4 Å². The lowest BCUT2D eigenvalue weighted by Crippen LogP contribution is -2.55. The predicted octanol–water partition coefficient (Wildman–Crippen LogP) is 1.16. The molecule has 0 aliphatic carbocycles. The van der Waals surface area contributed by atoms with Crippen LogP contribution >= 0.6 is 0 Å². The number of benzene rings is 2. The van der Waals surface area contributed by atoms with Gasteiger partial charge in [-0.3, -0.25) is 19.7 Å². The number of aliphatic carboxylic acids is 1. The minimum Gasteiger partial charge on any atom is -0.480 e. The van der Waals surface area contributed by atoms with Crippen molar-refractivity contribution in [3.8, 4) is 0 Å². The van der Waals surface area contributed by atoms with E-state index < -0.39 is 72.1 Å². The molecule has 1 heterocycles.